The van der Waals surface area contributed by atoms with Gasteiger partial charge in [0.1, 0.15) is 5.02 Å². The number of carbonyl (C=O) groups is 1. The van der Waals surface area contributed by atoms with Gasteiger partial charge >= 0.3 is 5.97 Å². The zero-order valence-corrected chi connectivity index (χ0v) is 14.8. The van der Waals surface area contributed by atoms with Crippen LogP contribution in [0.2, 0.25) is 5.02 Å². The standard InChI is InChI=1S/C15H16ClN3O4S/c1-7(2)12-11(14(20)23-3)13(18-15(24)17-12)8-4-5-9(16)10(6-8)19(21)22/h4-7,13H,1-3H3,(H2,17,18,24)/t13-/m1/s1. The molecule has 1 atom stereocenters. The van der Waals surface area contributed by atoms with Crippen molar-refractivity contribution in [1.29, 1.82) is 0 Å². The fraction of sp³-hybridized carbons (Fsp3) is 0.333. The Labute approximate surface area is 149 Å². The molecule has 0 unspecified atom stereocenters. The van der Waals surface area contributed by atoms with Crippen molar-refractivity contribution in [2.24, 2.45) is 5.92 Å². The molecule has 1 aromatic rings. The minimum atomic E-state index is -0.667. The van der Waals surface area contributed by atoms with Crippen molar-refractivity contribution in [1.82, 2.24) is 10.6 Å². The molecule has 0 saturated heterocycles. The Morgan fingerprint density at radius 1 is 1.46 bits per heavy atom. The molecule has 0 fully saturated rings. The van der Waals surface area contributed by atoms with E-state index in [-0.39, 0.29) is 16.6 Å². The molecule has 128 valence electrons. The van der Waals surface area contributed by atoms with Gasteiger partial charge in [0.25, 0.3) is 5.69 Å². The number of allylic oxidation sites excluding steroid dienone is 1. The lowest BCUT2D eigenvalue weighted by molar-refractivity contribution is -0.384. The van der Waals surface area contributed by atoms with Gasteiger partial charge in [0.05, 0.1) is 23.6 Å². The van der Waals surface area contributed by atoms with Crippen LogP contribution >= 0.6 is 23.8 Å². The molecule has 0 spiro atoms. The van der Waals surface area contributed by atoms with Gasteiger partial charge in [0.2, 0.25) is 0 Å². The zero-order chi connectivity index (χ0) is 18.0. The Morgan fingerprint density at radius 3 is 2.67 bits per heavy atom. The third-order valence-corrected chi connectivity index (χ3v) is 4.12. The van der Waals surface area contributed by atoms with Crippen molar-refractivity contribution >= 4 is 40.6 Å². The van der Waals surface area contributed by atoms with E-state index >= 15 is 0 Å². The van der Waals surface area contributed by atoms with Crippen molar-refractivity contribution in [2.45, 2.75) is 19.9 Å². The second kappa shape index (κ2) is 7.14. The Hall–Kier alpha value is -2.19. The summed E-state index contributed by atoms with van der Waals surface area (Å²) >= 11 is 11.1. The predicted octanol–water partition coefficient (Wildman–Crippen LogP) is 2.85. The highest BCUT2D eigenvalue weighted by Gasteiger charge is 2.34. The number of benzene rings is 1. The molecule has 2 rings (SSSR count). The maximum atomic E-state index is 12.3. The molecule has 2 N–H and O–H groups in total. The monoisotopic (exact) mass is 369 g/mol. The van der Waals surface area contributed by atoms with E-state index in [0.29, 0.717) is 21.9 Å². The number of nitrogens with one attached hydrogen (secondary N) is 2. The summed E-state index contributed by atoms with van der Waals surface area (Å²) in [7, 11) is 1.28. The molecule has 1 aliphatic heterocycles. The van der Waals surface area contributed by atoms with Crippen molar-refractivity contribution in [3.63, 3.8) is 0 Å². The van der Waals surface area contributed by atoms with Gasteiger partial charge in [-0.05, 0) is 29.8 Å². The number of nitro benzene ring substituents is 1. The summed E-state index contributed by atoms with van der Waals surface area (Å²) in [4.78, 5) is 22.8. The topological polar surface area (TPSA) is 93.5 Å². The summed E-state index contributed by atoms with van der Waals surface area (Å²) in [6.07, 6.45) is 0. The molecule has 0 bridgehead atoms. The summed E-state index contributed by atoms with van der Waals surface area (Å²) < 4.78 is 4.88. The van der Waals surface area contributed by atoms with Gasteiger partial charge in [-0.3, -0.25) is 10.1 Å². The number of methoxy groups -OCH3 is 1. The maximum absolute atomic E-state index is 12.3. The molecule has 24 heavy (non-hydrogen) atoms. The Morgan fingerprint density at radius 2 is 2.12 bits per heavy atom. The molecule has 0 saturated carbocycles. The van der Waals surface area contributed by atoms with Crippen LogP contribution in [-0.4, -0.2) is 23.1 Å². The number of esters is 1. The molecule has 1 aromatic carbocycles. The fourth-order valence-electron chi connectivity index (χ4n) is 2.48. The zero-order valence-electron chi connectivity index (χ0n) is 13.3. The van der Waals surface area contributed by atoms with Crippen molar-refractivity contribution in [3.05, 3.63) is 50.2 Å². The van der Waals surface area contributed by atoms with E-state index in [2.05, 4.69) is 10.6 Å². The van der Waals surface area contributed by atoms with Gasteiger partial charge in [-0.1, -0.05) is 31.5 Å². The van der Waals surface area contributed by atoms with Gasteiger partial charge in [0, 0.05) is 11.8 Å². The molecular weight excluding hydrogens is 354 g/mol. The normalized spacial score (nSPS) is 17.4. The van der Waals surface area contributed by atoms with Crippen LogP contribution in [0, 0.1) is 16.0 Å². The minimum absolute atomic E-state index is 0.0212. The first kappa shape index (κ1) is 18.2. The van der Waals surface area contributed by atoms with Crippen LogP contribution in [0.3, 0.4) is 0 Å². The summed E-state index contributed by atoms with van der Waals surface area (Å²) in [6, 6.07) is 3.70. The number of halogens is 1. The average Bonchev–Trinajstić information content (AvgIpc) is 2.53. The van der Waals surface area contributed by atoms with Crippen LogP contribution in [0.5, 0.6) is 0 Å². The highest BCUT2D eigenvalue weighted by Crippen LogP contribution is 2.34. The number of hydrogen-bond donors (Lipinski definition) is 2. The lowest BCUT2D eigenvalue weighted by Gasteiger charge is -2.32. The molecular formula is C15H16ClN3O4S. The van der Waals surface area contributed by atoms with E-state index in [4.69, 9.17) is 28.6 Å². The van der Waals surface area contributed by atoms with Crippen molar-refractivity contribution in [2.75, 3.05) is 7.11 Å². The van der Waals surface area contributed by atoms with Gasteiger partial charge in [0.15, 0.2) is 5.11 Å². The van der Waals surface area contributed by atoms with Crippen LogP contribution < -0.4 is 10.6 Å². The van der Waals surface area contributed by atoms with Crippen LogP contribution in [0.15, 0.2) is 29.5 Å². The van der Waals surface area contributed by atoms with E-state index in [9.17, 15) is 14.9 Å². The lowest BCUT2D eigenvalue weighted by Crippen LogP contribution is -2.46. The maximum Gasteiger partial charge on any atom is 0.337 e. The molecule has 0 radical (unpaired) electrons. The fourth-order valence-corrected chi connectivity index (χ4v) is 2.89. The van der Waals surface area contributed by atoms with E-state index in [1.54, 1.807) is 6.07 Å². The lowest BCUT2D eigenvalue weighted by atomic mass is 9.91. The first-order valence-corrected chi connectivity index (χ1v) is 7.88. The summed E-state index contributed by atoms with van der Waals surface area (Å²) in [5, 5.41) is 17.4. The number of nitrogens with zero attached hydrogens (tertiary/aromatic N) is 1. The number of nitro groups is 1. The Kier molecular flexibility index (Phi) is 5.40. The summed E-state index contributed by atoms with van der Waals surface area (Å²) in [6.45, 7) is 3.81. The molecule has 1 heterocycles. The highest BCUT2D eigenvalue weighted by molar-refractivity contribution is 7.80. The van der Waals surface area contributed by atoms with Crippen LogP contribution in [0.25, 0.3) is 0 Å². The molecule has 0 aromatic heterocycles. The third kappa shape index (κ3) is 3.49. The van der Waals surface area contributed by atoms with Gasteiger partial charge < -0.3 is 15.4 Å². The van der Waals surface area contributed by atoms with Crippen molar-refractivity contribution in [3.8, 4) is 0 Å². The Bertz CT molecular complexity index is 748. The molecule has 0 amide bonds. The number of ether oxygens (including phenoxy) is 1. The first-order chi connectivity index (χ1) is 11.3. The Balaban J connectivity index is 2.63. The SMILES string of the molecule is COC(=O)C1=C(C(C)C)NC(=S)N[C@@H]1c1ccc(Cl)c([N+](=O)[O-])c1. The van der Waals surface area contributed by atoms with E-state index < -0.39 is 16.9 Å². The smallest absolute Gasteiger partial charge is 0.337 e. The largest absolute Gasteiger partial charge is 0.466 e. The van der Waals surface area contributed by atoms with Gasteiger partial charge in [-0.15, -0.1) is 0 Å². The van der Waals surface area contributed by atoms with Crippen molar-refractivity contribution < 1.29 is 14.5 Å². The molecule has 0 aliphatic carbocycles. The second-order valence-corrected chi connectivity index (χ2v) is 6.29. The van der Waals surface area contributed by atoms with Crippen LogP contribution in [-0.2, 0) is 9.53 Å². The predicted molar refractivity (Wildman–Crippen MR) is 93.6 cm³/mol. The molecule has 1 aliphatic rings. The van der Waals surface area contributed by atoms with E-state index in [1.165, 1.54) is 19.2 Å². The highest BCUT2D eigenvalue weighted by atomic mass is 35.5. The second-order valence-electron chi connectivity index (χ2n) is 5.47. The first-order valence-electron chi connectivity index (χ1n) is 7.10. The summed E-state index contributed by atoms with van der Waals surface area (Å²) in [5.41, 5.74) is 1.20. The number of thiocarbonyl (C=S) groups is 1. The average molecular weight is 370 g/mol. The minimum Gasteiger partial charge on any atom is -0.466 e. The summed E-state index contributed by atoms with van der Waals surface area (Å²) in [5.74, 6) is -0.562. The van der Waals surface area contributed by atoms with Crippen LogP contribution in [0.1, 0.15) is 25.5 Å². The molecule has 9 heteroatoms. The van der Waals surface area contributed by atoms with Crippen LogP contribution in [0.4, 0.5) is 5.69 Å². The number of rotatable bonds is 4. The number of hydrogen-bond acceptors (Lipinski definition) is 5. The third-order valence-electron chi connectivity index (χ3n) is 3.59. The molecule has 7 nitrogen and oxygen atoms in total. The van der Waals surface area contributed by atoms with E-state index in [0.717, 1.165) is 0 Å². The quantitative estimate of drug-likeness (QED) is 0.365. The van der Waals surface area contributed by atoms with Gasteiger partial charge in [-0.2, -0.15) is 0 Å². The number of carbonyl (C=O) groups excluding carboxylic acids is 1. The van der Waals surface area contributed by atoms with Gasteiger partial charge in [-0.25, -0.2) is 4.79 Å². The van der Waals surface area contributed by atoms with E-state index in [1.807, 2.05) is 13.8 Å².